The molecule has 1 unspecified atom stereocenters. The van der Waals surface area contributed by atoms with Gasteiger partial charge in [0.25, 0.3) is 0 Å². The third kappa shape index (κ3) is 3.22. The summed E-state index contributed by atoms with van der Waals surface area (Å²) in [5, 5.41) is 18.1. The number of aliphatic carboxylic acids is 1. The van der Waals surface area contributed by atoms with Gasteiger partial charge in [-0.25, -0.2) is 0 Å². The molecule has 0 aromatic heterocycles. The smallest absolute Gasteiger partial charge is 0.307 e. The first-order valence-corrected chi connectivity index (χ1v) is 6.67. The Morgan fingerprint density at radius 3 is 2.28 bits per heavy atom. The van der Waals surface area contributed by atoms with Crippen molar-refractivity contribution in [3.05, 3.63) is 0 Å². The largest absolute Gasteiger partial charge is 0.481 e. The van der Waals surface area contributed by atoms with Crippen LogP contribution in [0.3, 0.4) is 0 Å². The van der Waals surface area contributed by atoms with Gasteiger partial charge in [-0.2, -0.15) is 0 Å². The first kappa shape index (κ1) is 15.0. The Morgan fingerprint density at radius 2 is 1.83 bits per heavy atom. The van der Waals surface area contributed by atoms with Gasteiger partial charge in [0.05, 0.1) is 18.4 Å². The van der Waals surface area contributed by atoms with Crippen molar-refractivity contribution in [2.45, 2.75) is 33.1 Å². The highest BCUT2D eigenvalue weighted by molar-refractivity contribution is 5.85. The lowest BCUT2D eigenvalue weighted by Gasteiger charge is -2.25. The number of amides is 1. The molecule has 0 aromatic carbocycles. The molecular weight excluding hydrogens is 234 g/mol. The molecule has 0 aromatic rings. The van der Waals surface area contributed by atoms with Gasteiger partial charge in [-0.1, -0.05) is 13.3 Å². The van der Waals surface area contributed by atoms with Crippen molar-refractivity contribution in [1.29, 1.82) is 0 Å². The lowest BCUT2D eigenvalue weighted by Crippen LogP contribution is -2.40. The zero-order valence-corrected chi connectivity index (χ0v) is 11.1. The Labute approximate surface area is 108 Å². The number of nitrogens with zero attached hydrogens (tertiary/aromatic N) is 1. The monoisotopic (exact) mass is 257 g/mol. The zero-order chi connectivity index (χ0) is 13.7. The Balaban J connectivity index is 2.78. The highest BCUT2D eigenvalue weighted by Crippen LogP contribution is 2.39. The van der Waals surface area contributed by atoms with Crippen molar-refractivity contribution in [3.63, 3.8) is 0 Å². The van der Waals surface area contributed by atoms with Gasteiger partial charge in [-0.15, -0.1) is 0 Å². The normalized spacial score (nSPS) is 27.2. The molecular formula is C13H23NO4. The second-order valence-corrected chi connectivity index (χ2v) is 4.94. The topological polar surface area (TPSA) is 77.8 Å². The minimum absolute atomic E-state index is 0.0821. The lowest BCUT2D eigenvalue weighted by molar-refractivity contribution is -0.149. The van der Waals surface area contributed by atoms with Gasteiger partial charge in [0.15, 0.2) is 0 Å². The third-order valence-corrected chi connectivity index (χ3v) is 3.94. The fraction of sp³-hybridized carbons (Fsp3) is 0.846. The van der Waals surface area contributed by atoms with Crippen LogP contribution < -0.4 is 0 Å². The summed E-state index contributed by atoms with van der Waals surface area (Å²) in [6.45, 7) is 4.59. The van der Waals surface area contributed by atoms with Crippen LogP contribution in [0.15, 0.2) is 0 Å². The molecule has 2 N–H and O–H groups in total. The molecule has 5 heteroatoms. The van der Waals surface area contributed by atoms with Gasteiger partial charge in [-0.05, 0) is 25.7 Å². The standard InChI is InChI=1S/C13H23NO4/c1-3-9-7-10(11(8-9)13(17)18)12(16)14(4-2)5-6-15/h9-11,15H,3-8H2,1-2H3,(H,17,18)/t9?,10-,11+/m0/s1. The van der Waals surface area contributed by atoms with E-state index in [9.17, 15) is 14.7 Å². The summed E-state index contributed by atoms with van der Waals surface area (Å²) in [5.74, 6) is -1.64. The number of carboxylic acid groups (broad SMARTS) is 1. The van der Waals surface area contributed by atoms with Crippen molar-refractivity contribution >= 4 is 11.9 Å². The van der Waals surface area contributed by atoms with Gasteiger partial charge in [-0.3, -0.25) is 9.59 Å². The van der Waals surface area contributed by atoms with Gasteiger partial charge in [0.1, 0.15) is 0 Å². The summed E-state index contributed by atoms with van der Waals surface area (Å²) in [6, 6.07) is 0. The molecule has 0 radical (unpaired) electrons. The predicted molar refractivity (Wildman–Crippen MR) is 67.0 cm³/mol. The van der Waals surface area contributed by atoms with Crippen molar-refractivity contribution in [2.75, 3.05) is 19.7 Å². The number of hydrogen-bond donors (Lipinski definition) is 2. The van der Waals surface area contributed by atoms with E-state index in [1.165, 1.54) is 0 Å². The van der Waals surface area contributed by atoms with Gasteiger partial charge >= 0.3 is 5.97 Å². The summed E-state index contributed by atoms with van der Waals surface area (Å²) >= 11 is 0. The van der Waals surface area contributed by atoms with Crippen LogP contribution in [0.1, 0.15) is 33.1 Å². The Morgan fingerprint density at radius 1 is 1.22 bits per heavy atom. The average molecular weight is 257 g/mol. The van der Waals surface area contributed by atoms with Crippen molar-refractivity contribution in [2.24, 2.45) is 17.8 Å². The van der Waals surface area contributed by atoms with Crippen molar-refractivity contribution in [3.8, 4) is 0 Å². The predicted octanol–water partition coefficient (Wildman–Crippen LogP) is 0.964. The first-order valence-electron chi connectivity index (χ1n) is 6.67. The molecule has 5 nitrogen and oxygen atoms in total. The van der Waals surface area contributed by atoms with Crippen LogP contribution in [0.4, 0.5) is 0 Å². The maximum atomic E-state index is 12.3. The quantitative estimate of drug-likeness (QED) is 0.743. The molecule has 1 saturated carbocycles. The molecule has 1 amide bonds. The second kappa shape index (κ2) is 6.73. The van der Waals surface area contributed by atoms with Gasteiger partial charge in [0, 0.05) is 13.1 Å². The second-order valence-electron chi connectivity index (χ2n) is 4.94. The SMILES string of the molecule is CCC1C[C@H](C(=O)N(CC)CCO)[C@H](C(=O)O)C1. The van der Waals surface area contributed by atoms with E-state index < -0.39 is 17.8 Å². The molecule has 3 atom stereocenters. The van der Waals surface area contributed by atoms with Crippen LogP contribution >= 0.6 is 0 Å². The molecule has 18 heavy (non-hydrogen) atoms. The first-order chi connectivity index (χ1) is 8.54. The molecule has 1 fully saturated rings. The van der Waals surface area contributed by atoms with Crippen LogP contribution in [0, 0.1) is 17.8 Å². The third-order valence-electron chi connectivity index (χ3n) is 3.94. The molecule has 1 aliphatic carbocycles. The minimum Gasteiger partial charge on any atom is -0.481 e. The maximum absolute atomic E-state index is 12.3. The number of carbonyl (C=O) groups is 2. The number of aliphatic hydroxyl groups is 1. The molecule has 0 bridgehead atoms. The fourth-order valence-corrected chi connectivity index (χ4v) is 2.80. The summed E-state index contributed by atoms with van der Waals surface area (Å²) in [5.41, 5.74) is 0. The van der Waals surface area contributed by atoms with Crippen LogP contribution in [0.25, 0.3) is 0 Å². The fourth-order valence-electron chi connectivity index (χ4n) is 2.80. The number of rotatable bonds is 6. The van der Waals surface area contributed by atoms with E-state index in [4.69, 9.17) is 5.11 Å². The minimum atomic E-state index is -0.871. The summed E-state index contributed by atoms with van der Waals surface area (Å²) in [6.07, 6.45) is 2.17. The van der Waals surface area contributed by atoms with Crippen LogP contribution in [0.2, 0.25) is 0 Å². The van der Waals surface area contributed by atoms with E-state index in [0.29, 0.717) is 25.3 Å². The van der Waals surface area contributed by atoms with Gasteiger partial charge < -0.3 is 15.1 Å². The highest BCUT2D eigenvalue weighted by atomic mass is 16.4. The Kier molecular flexibility index (Phi) is 5.59. The average Bonchev–Trinajstić information content (AvgIpc) is 2.79. The van der Waals surface area contributed by atoms with Crippen LogP contribution in [0.5, 0.6) is 0 Å². The highest BCUT2D eigenvalue weighted by Gasteiger charge is 2.43. The number of likely N-dealkylation sites (N-methyl/N-ethyl adjacent to an activating group) is 1. The zero-order valence-electron chi connectivity index (χ0n) is 11.1. The lowest BCUT2D eigenvalue weighted by atomic mass is 9.94. The molecule has 1 rings (SSSR count). The molecule has 0 saturated heterocycles. The van der Waals surface area contributed by atoms with E-state index >= 15 is 0 Å². The molecule has 104 valence electrons. The van der Waals surface area contributed by atoms with Crippen LogP contribution in [-0.4, -0.2) is 46.7 Å². The maximum Gasteiger partial charge on any atom is 0.307 e. The van der Waals surface area contributed by atoms with E-state index in [0.717, 1.165) is 6.42 Å². The van der Waals surface area contributed by atoms with E-state index in [2.05, 4.69) is 0 Å². The van der Waals surface area contributed by atoms with Gasteiger partial charge in [0.2, 0.25) is 5.91 Å². The van der Waals surface area contributed by atoms with E-state index in [1.807, 2.05) is 13.8 Å². The van der Waals surface area contributed by atoms with E-state index in [1.54, 1.807) is 4.90 Å². The molecule has 0 spiro atoms. The number of hydrogen-bond acceptors (Lipinski definition) is 3. The molecule has 0 heterocycles. The number of carbonyl (C=O) groups excluding carboxylic acids is 1. The molecule has 1 aliphatic rings. The number of carboxylic acids is 1. The summed E-state index contributed by atoms with van der Waals surface area (Å²) in [4.78, 5) is 25.1. The Hall–Kier alpha value is -1.10. The summed E-state index contributed by atoms with van der Waals surface area (Å²) < 4.78 is 0. The summed E-state index contributed by atoms with van der Waals surface area (Å²) in [7, 11) is 0. The Bertz CT molecular complexity index is 305. The van der Waals surface area contributed by atoms with Crippen molar-refractivity contribution < 1.29 is 19.8 Å². The van der Waals surface area contributed by atoms with Crippen molar-refractivity contribution in [1.82, 2.24) is 4.90 Å². The van der Waals surface area contributed by atoms with E-state index in [-0.39, 0.29) is 19.1 Å². The number of aliphatic hydroxyl groups excluding tert-OH is 1. The van der Waals surface area contributed by atoms with Crippen LogP contribution in [-0.2, 0) is 9.59 Å². The molecule has 0 aliphatic heterocycles.